The van der Waals surface area contributed by atoms with Crippen LogP contribution in [0.4, 0.5) is 4.39 Å². The van der Waals surface area contributed by atoms with Crippen LogP contribution in [0.3, 0.4) is 0 Å². The number of carboxylic acids is 1. The summed E-state index contributed by atoms with van der Waals surface area (Å²) in [5.41, 5.74) is 0.577. The third-order valence-corrected chi connectivity index (χ3v) is 3.87. The summed E-state index contributed by atoms with van der Waals surface area (Å²) >= 11 is 2.28. The van der Waals surface area contributed by atoms with Crippen LogP contribution in [0.15, 0.2) is 22.5 Å². The number of aromatic nitrogens is 1. The van der Waals surface area contributed by atoms with Crippen LogP contribution in [-0.2, 0) is 4.79 Å². The topological polar surface area (TPSA) is 50.2 Å². The van der Waals surface area contributed by atoms with Crippen LogP contribution in [0.1, 0.15) is 0 Å². The number of nitrogens with zero attached hydrogens (tertiary/aromatic N) is 1. The van der Waals surface area contributed by atoms with Crippen LogP contribution in [0, 0.1) is 5.82 Å². The second-order valence-corrected chi connectivity index (χ2v) is 4.97. The van der Waals surface area contributed by atoms with Crippen molar-refractivity contribution in [2.45, 2.75) is 4.34 Å². The van der Waals surface area contributed by atoms with Crippen molar-refractivity contribution in [3.8, 4) is 0 Å². The third-order valence-electron chi connectivity index (χ3n) is 1.67. The van der Waals surface area contributed by atoms with Gasteiger partial charge in [0.15, 0.2) is 4.34 Å². The number of fused-ring (bicyclic) bond motifs is 1. The lowest BCUT2D eigenvalue weighted by Gasteiger charge is -1.88. The van der Waals surface area contributed by atoms with Gasteiger partial charge in [-0.2, -0.15) is 0 Å². The van der Waals surface area contributed by atoms with E-state index in [1.54, 1.807) is 12.1 Å². The number of rotatable bonds is 3. The zero-order valence-corrected chi connectivity index (χ0v) is 9.07. The molecule has 0 aliphatic heterocycles. The fourth-order valence-corrected chi connectivity index (χ4v) is 2.85. The van der Waals surface area contributed by atoms with Gasteiger partial charge in [-0.05, 0) is 12.1 Å². The highest BCUT2D eigenvalue weighted by Crippen LogP contribution is 2.30. The van der Waals surface area contributed by atoms with Gasteiger partial charge in [0.05, 0.1) is 16.0 Å². The first kappa shape index (κ1) is 10.4. The predicted octanol–water partition coefficient (Wildman–Crippen LogP) is 2.61. The minimum absolute atomic E-state index is 0.0541. The molecule has 0 amide bonds. The number of hydrogen-bond acceptors (Lipinski definition) is 4. The van der Waals surface area contributed by atoms with Crippen molar-refractivity contribution >= 4 is 39.3 Å². The van der Waals surface area contributed by atoms with Gasteiger partial charge in [-0.25, -0.2) is 9.37 Å². The molecular formula is C9H6FNO2S2. The summed E-state index contributed by atoms with van der Waals surface area (Å²) in [6.45, 7) is 0. The smallest absolute Gasteiger partial charge is 0.313 e. The Balaban J connectivity index is 2.31. The van der Waals surface area contributed by atoms with E-state index >= 15 is 0 Å². The molecule has 0 saturated heterocycles. The number of halogens is 1. The summed E-state index contributed by atoms with van der Waals surface area (Å²) in [7, 11) is 0. The maximum Gasteiger partial charge on any atom is 0.313 e. The molecule has 2 aromatic rings. The Labute approximate surface area is 92.9 Å². The Morgan fingerprint density at radius 3 is 3.07 bits per heavy atom. The van der Waals surface area contributed by atoms with Gasteiger partial charge in [0, 0.05) is 0 Å². The number of benzene rings is 1. The van der Waals surface area contributed by atoms with Gasteiger partial charge in [0.2, 0.25) is 0 Å². The third kappa shape index (κ3) is 2.27. The standard InChI is InChI=1S/C9H6FNO2S2/c10-5-2-1-3-6-8(5)15-9(11-6)14-4-7(12)13/h1-3H,4H2,(H,12,13). The molecule has 78 valence electrons. The summed E-state index contributed by atoms with van der Waals surface area (Å²) in [6, 6.07) is 4.66. The van der Waals surface area contributed by atoms with Crippen molar-refractivity contribution < 1.29 is 14.3 Å². The first-order chi connectivity index (χ1) is 7.16. The zero-order chi connectivity index (χ0) is 10.8. The molecule has 0 bridgehead atoms. The molecule has 1 N–H and O–H groups in total. The number of thioether (sulfide) groups is 1. The fraction of sp³-hybridized carbons (Fsp3) is 0.111. The van der Waals surface area contributed by atoms with E-state index < -0.39 is 5.97 Å². The first-order valence-electron chi connectivity index (χ1n) is 4.06. The van der Waals surface area contributed by atoms with Gasteiger partial charge in [-0.3, -0.25) is 4.79 Å². The van der Waals surface area contributed by atoms with Crippen LogP contribution in [0.2, 0.25) is 0 Å². The molecule has 6 heteroatoms. The molecule has 1 aromatic carbocycles. The maximum absolute atomic E-state index is 13.2. The fourth-order valence-electron chi connectivity index (χ4n) is 1.08. The normalized spacial score (nSPS) is 10.7. The minimum atomic E-state index is -0.903. The van der Waals surface area contributed by atoms with Gasteiger partial charge in [-0.1, -0.05) is 17.8 Å². The summed E-state index contributed by atoms with van der Waals surface area (Å²) in [4.78, 5) is 14.5. The molecule has 0 unspecified atom stereocenters. The Kier molecular flexibility index (Phi) is 2.88. The Bertz CT molecular complexity index is 512. The highest BCUT2D eigenvalue weighted by Gasteiger charge is 2.09. The second-order valence-electron chi connectivity index (χ2n) is 2.75. The Morgan fingerprint density at radius 1 is 1.60 bits per heavy atom. The maximum atomic E-state index is 13.2. The molecule has 3 nitrogen and oxygen atoms in total. The molecule has 1 heterocycles. The lowest BCUT2D eigenvalue weighted by molar-refractivity contribution is -0.133. The first-order valence-corrected chi connectivity index (χ1v) is 5.86. The number of carbonyl (C=O) groups is 1. The van der Waals surface area contributed by atoms with E-state index in [9.17, 15) is 9.18 Å². The van der Waals surface area contributed by atoms with Crippen molar-refractivity contribution in [2.24, 2.45) is 0 Å². The highest BCUT2D eigenvalue weighted by molar-refractivity contribution is 8.01. The molecule has 0 radical (unpaired) electrons. The van der Waals surface area contributed by atoms with Crippen LogP contribution >= 0.6 is 23.1 Å². The van der Waals surface area contributed by atoms with Gasteiger partial charge in [0.1, 0.15) is 5.82 Å². The number of carboxylic acid groups (broad SMARTS) is 1. The van der Waals surface area contributed by atoms with Crippen molar-refractivity contribution in [3.05, 3.63) is 24.0 Å². The van der Waals surface area contributed by atoms with Crippen molar-refractivity contribution in [3.63, 3.8) is 0 Å². The Morgan fingerprint density at radius 2 is 2.40 bits per heavy atom. The molecule has 15 heavy (non-hydrogen) atoms. The number of thiazole rings is 1. The van der Waals surface area contributed by atoms with E-state index in [1.165, 1.54) is 17.4 Å². The summed E-state index contributed by atoms with van der Waals surface area (Å²) in [5, 5.41) is 8.49. The van der Waals surface area contributed by atoms with E-state index in [0.717, 1.165) is 11.8 Å². The van der Waals surface area contributed by atoms with E-state index in [-0.39, 0.29) is 11.6 Å². The lowest BCUT2D eigenvalue weighted by atomic mass is 10.3. The van der Waals surface area contributed by atoms with E-state index in [0.29, 0.717) is 14.6 Å². The van der Waals surface area contributed by atoms with Crippen LogP contribution in [0.25, 0.3) is 10.2 Å². The molecule has 0 saturated carbocycles. The number of hydrogen-bond donors (Lipinski definition) is 1. The van der Waals surface area contributed by atoms with Gasteiger partial charge in [-0.15, -0.1) is 11.3 Å². The summed E-state index contributed by atoms with van der Waals surface area (Å²) in [6.07, 6.45) is 0. The largest absolute Gasteiger partial charge is 0.481 e. The van der Waals surface area contributed by atoms with Crippen LogP contribution in [0.5, 0.6) is 0 Å². The molecule has 0 spiro atoms. The van der Waals surface area contributed by atoms with Gasteiger partial charge in [0.25, 0.3) is 0 Å². The SMILES string of the molecule is O=C(O)CSc1nc2cccc(F)c2s1. The Hall–Kier alpha value is -1.14. The monoisotopic (exact) mass is 243 g/mol. The quantitative estimate of drug-likeness (QED) is 0.842. The highest BCUT2D eigenvalue weighted by atomic mass is 32.2. The molecule has 2 rings (SSSR count). The molecule has 0 aliphatic rings. The minimum Gasteiger partial charge on any atom is -0.481 e. The van der Waals surface area contributed by atoms with Gasteiger partial charge >= 0.3 is 5.97 Å². The molecule has 0 aliphatic carbocycles. The van der Waals surface area contributed by atoms with Crippen LogP contribution in [-0.4, -0.2) is 21.8 Å². The summed E-state index contributed by atoms with van der Waals surface area (Å²) < 4.78 is 14.3. The zero-order valence-electron chi connectivity index (χ0n) is 7.44. The van der Waals surface area contributed by atoms with E-state index in [1.807, 2.05) is 0 Å². The van der Waals surface area contributed by atoms with Crippen molar-refractivity contribution in [1.29, 1.82) is 0 Å². The second kappa shape index (κ2) is 4.16. The van der Waals surface area contributed by atoms with Crippen molar-refractivity contribution in [1.82, 2.24) is 4.98 Å². The average molecular weight is 243 g/mol. The van der Waals surface area contributed by atoms with E-state index in [4.69, 9.17) is 5.11 Å². The van der Waals surface area contributed by atoms with E-state index in [2.05, 4.69) is 4.98 Å². The predicted molar refractivity (Wildman–Crippen MR) is 57.9 cm³/mol. The molecule has 0 fully saturated rings. The van der Waals surface area contributed by atoms with Crippen LogP contribution < -0.4 is 0 Å². The summed E-state index contributed by atoms with van der Waals surface area (Å²) in [5.74, 6) is -1.27. The molecule has 1 aromatic heterocycles. The lowest BCUT2D eigenvalue weighted by Crippen LogP contribution is -1.96. The molecule has 0 atom stereocenters. The van der Waals surface area contributed by atoms with Crippen molar-refractivity contribution in [2.75, 3.05) is 5.75 Å². The molecular weight excluding hydrogens is 237 g/mol. The average Bonchev–Trinajstić information content (AvgIpc) is 2.59. The van der Waals surface area contributed by atoms with Gasteiger partial charge < -0.3 is 5.11 Å². The number of aliphatic carboxylic acids is 1.